The van der Waals surface area contributed by atoms with Gasteiger partial charge in [0.05, 0.1) is 7.11 Å². The second-order valence-electron chi connectivity index (χ2n) is 4.86. The van der Waals surface area contributed by atoms with Gasteiger partial charge in [-0.1, -0.05) is 6.92 Å². The number of rotatable bonds is 3. The van der Waals surface area contributed by atoms with Gasteiger partial charge in [-0.05, 0) is 43.0 Å². The van der Waals surface area contributed by atoms with Gasteiger partial charge in [0.25, 0.3) is 0 Å². The highest BCUT2D eigenvalue weighted by Gasteiger charge is 2.24. The highest BCUT2D eigenvalue weighted by molar-refractivity contribution is 5.88. The van der Waals surface area contributed by atoms with Crippen molar-refractivity contribution in [3.05, 3.63) is 35.9 Å². The number of benzene rings is 1. The summed E-state index contributed by atoms with van der Waals surface area (Å²) in [4.78, 5) is 0. The third-order valence-corrected chi connectivity index (χ3v) is 3.91. The van der Waals surface area contributed by atoms with Crippen LogP contribution in [-0.4, -0.2) is 11.7 Å². The molecular weight excluding hydrogens is 224 g/mol. The Labute approximate surface area is 108 Å². The first-order valence-electron chi connectivity index (χ1n) is 6.50. The van der Waals surface area contributed by atoms with E-state index in [1.165, 1.54) is 28.6 Å². The molecule has 1 unspecified atom stereocenters. The van der Waals surface area contributed by atoms with Crippen molar-refractivity contribution in [3.63, 3.8) is 0 Å². The summed E-state index contributed by atoms with van der Waals surface area (Å²) in [6, 6.07) is 6.29. The average molecular weight is 243 g/mol. The molecule has 95 valence electrons. The van der Waals surface area contributed by atoms with Gasteiger partial charge >= 0.3 is 0 Å². The van der Waals surface area contributed by atoms with E-state index in [0.717, 1.165) is 18.7 Å². The van der Waals surface area contributed by atoms with Crippen molar-refractivity contribution in [2.75, 3.05) is 7.11 Å². The first-order chi connectivity index (χ1) is 8.76. The fourth-order valence-corrected chi connectivity index (χ4v) is 3.01. The number of ether oxygens (including phenoxy) is 1. The third kappa shape index (κ3) is 1.54. The van der Waals surface area contributed by atoms with Crippen LogP contribution in [0.1, 0.15) is 30.6 Å². The zero-order valence-electron chi connectivity index (χ0n) is 10.9. The lowest BCUT2D eigenvalue weighted by Gasteiger charge is -2.10. The van der Waals surface area contributed by atoms with Crippen molar-refractivity contribution in [3.8, 4) is 5.75 Å². The number of aromatic nitrogens is 1. The number of nitrogens with zero attached hydrogens (tertiary/aromatic N) is 1. The van der Waals surface area contributed by atoms with Crippen LogP contribution in [0.25, 0.3) is 10.9 Å². The SMILES string of the molecule is C[CH]C(N)c1c2n(c3ccc(OC)cc13)CCC2. The summed E-state index contributed by atoms with van der Waals surface area (Å²) >= 11 is 0. The smallest absolute Gasteiger partial charge is 0.119 e. The molecule has 0 spiro atoms. The second-order valence-corrected chi connectivity index (χ2v) is 4.86. The summed E-state index contributed by atoms with van der Waals surface area (Å²) in [6.07, 6.45) is 4.42. The van der Waals surface area contributed by atoms with Gasteiger partial charge in [0, 0.05) is 29.2 Å². The lowest BCUT2D eigenvalue weighted by Crippen LogP contribution is -2.11. The Morgan fingerprint density at radius 2 is 2.28 bits per heavy atom. The van der Waals surface area contributed by atoms with Crippen molar-refractivity contribution in [2.24, 2.45) is 5.73 Å². The van der Waals surface area contributed by atoms with Gasteiger partial charge in [0.1, 0.15) is 5.75 Å². The van der Waals surface area contributed by atoms with Crippen molar-refractivity contribution in [1.29, 1.82) is 0 Å². The molecule has 2 heterocycles. The second kappa shape index (κ2) is 4.32. The summed E-state index contributed by atoms with van der Waals surface area (Å²) in [5.74, 6) is 0.899. The minimum atomic E-state index is 0.00829. The highest BCUT2D eigenvalue weighted by atomic mass is 16.5. The van der Waals surface area contributed by atoms with Crippen LogP contribution in [0.2, 0.25) is 0 Å². The minimum absolute atomic E-state index is 0.00829. The van der Waals surface area contributed by atoms with Gasteiger partial charge < -0.3 is 15.0 Å². The van der Waals surface area contributed by atoms with Crippen LogP contribution < -0.4 is 10.5 Å². The summed E-state index contributed by atoms with van der Waals surface area (Å²) in [6.45, 7) is 3.13. The van der Waals surface area contributed by atoms with Gasteiger partial charge in [-0.25, -0.2) is 0 Å². The molecule has 3 nitrogen and oxygen atoms in total. The maximum absolute atomic E-state index is 6.26. The fraction of sp³-hybridized carbons (Fsp3) is 0.400. The van der Waals surface area contributed by atoms with E-state index < -0.39 is 0 Å². The van der Waals surface area contributed by atoms with Gasteiger partial charge in [0.2, 0.25) is 0 Å². The van der Waals surface area contributed by atoms with Crippen molar-refractivity contribution < 1.29 is 4.74 Å². The number of aryl methyl sites for hydroxylation is 1. The summed E-state index contributed by atoms with van der Waals surface area (Å²) < 4.78 is 7.74. The number of hydrogen-bond acceptors (Lipinski definition) is 2. The van der Waals surface area contributed by atoms with Gasteiger partial charge in [0.15, 0.2) is 0 Å². The number of fused-ring (bicyclic) bond motifs is 3. The van der Waals surface area contributed by atoms with E-state index in [4.69, 9.17) is 10.5 Å². The average Bonchev–Trinajstić information content (AvgIpc) is 2.97. The molecule has 2 N–H and O–H groups in total. The Morgan fingerprint density at radius 1 is 1.44 bits per heavy atom. The van der Waals surface area contributed by atoms with Crippen LogP contribution in [-0.2, 0) is 13.0 Å². The molecule has 18 heavy (non-hydrogen) atoms. The lowest BCUT2D eigenvalue weighted by molar-refractivity contribution is 0.415. The molecule has 1 radical (unpaired) electrons. The predicted octanol–water partition coefficient (Wildman–Crippen LogP) is 2.82. The standard InChI is InChI=1S/C15H19N2O/c1-3-12(16)15-11-9-10(18-2)6-7-13(11)17-8-4-5-14(15)17/h3,6-7,9,12H,4-5,8,16H2,1-2H3. The molecule has 2 aromatic rings. The van der Waals surface area contributed by atoms with Crippen molar-refractivity contribution in [1.82, 2.24) is 4.57 Å². The predicted molar refractivity (Wildman–Crippen MR) is 73.7 cm³/mol. The molecule has 0 saturated heterocycles. The molecule has 1 atom stereocenters. The quantitative estimate of drug-likeness (QED) is 0.900. The fourth-order valence-electron chi connectivity index (χ4n) is 3.01. The molecule has 0 amide bonds. The van der Waals surface area contributed by atoms with E-state index >= 15 is 0 Å². The van der Waals surface area contributed by atoms with E-state index in [0.29, 0.717) is 0 Å². The van der Waals surface area contributed by atoms with Gasteiger partial charge in [-0.3, -0.25) is 0 Å². The Balaban J connectivity index is 2.29. The van der Waals surface area contributed by atoms with Crippen LogP contribution in [0.5, 0.6) is 5.75 Å². The van der Waals surface area contributed by atoms with E-state index in [2.05, 4.69) is 23.1 Å². The molecule has 0 fully saturated rings. The van der Waals surface area contributed by atoms with Crippen molar-refractivity contribution in [2.45, 2.75) is 32.4 Å². The Kier molecular flexibility index (Phi) is 2.78. The van der Waals surface area contributed by atoms with Crippen LogP contribution in [0.4, 0.5) is 0 Å². The minimum Gasteiger partial charge on any atom is -0.497 e. The van der Waals surface area contributed by atoms with Crippen LogP contribution in [0.15, 0.2) is 18.2 Å². The molecule has 0 aliphatic carbocycles. The number of nitrogens with two attached hydrogens (primary N) is 1. The van der Waals surface area contributed by atoms with Crippen LogP contribution in [0, 0.1) is 6.42 Å². The summed E-state index contributed by atoms with van der Waals surface area (Å²) in [5.41, 5.74) is 10.2. The van der Waals surface area contributed by atoms with Crippen LogP contribution >= 0.6 is 0 Å². The third-order valence-electron chi connectivity index (χ3n) is 3.91. The molecule has 1 aromatic heterocycles. The molecule has 1 aromatic carbocycles. The van der Waals surface area contributed by atoms with E-state index in [1.54, 1.807) is 7.11 Å². The largest absolute Gasteiger partial charge is 0.497 e. The summed E-state index contributed by atoms with van der Waals surface area (Å²) in [7, 11) is 1.70. The topological polar surface area (TPSA) is 40.2 Å². The molecule has 3 heteroatoms. The van der Waals surface area contributed by atoms with Gasteiger partial charge in [-0.15, -0.1) is 0 Å². The zero-order chi connectivity index (χ0) is 12.7. The first kappa shape index (κ1) is 11.6. The molecule has 0 bridgehead atoms. The maximum atomic E-state index is 6.26. The Bertz CT molecular complexity index is 586. The molecule has 0 saturated carbocycles. The normalized spacial score (nSPS) is 15.9. The summed E-state index contributed by atoms with van der Waals surface area (Å²) in [5, 5.41) is 1.25. The lowest BCUT2D eigenvalue weighted by atomic mass is 10.00. The van der Waals surface area contributed by atoms with Gasteiger partial charge in [-0.2, -0.15) is 0 Å². The first-order valence-corrected chi connectivity index (χ1v) is 6.50. The zero-order valence-corrected chi connectivity index (χ0v) is 10.9. The monoisotopic (exact) mass is 243 g/mol. The number of methoxy groups -OCH3 is 1. The van der Waals surface area contributed by atoms with Crippen molar-refractivity contribution >= 4 is 10.9 Å². The highest BCUT2D eigenvalue weighted by Crippen LogP contribution is 2.36. The number of hydrogen-bond donors (Lipinski definition) is 1. The molecule has 1 aliphatic rings. The Hall–Kier alpha value is -1.48. The molecule has 1 aliphatic heterocycles. The molecule has 3 rings (SSSR count). The molecular formula is C15H19N2O. The van der Waals surface area contributed by atoms with E-state index in [1.807, 2.05) is 13.0 Å². The van der Waals surface area contributed by atoms with E-state index in [-0.39, 0.29) is 6.04 Å². The maximum Gasteiger partial charge on any atom is 0.119 e. The van der Waals surface area contributed by atoms with Crippen LogP contribution in [0.3, 0.4) is 0 Å². The van der Waals surface area contributed by atoms with E-state index in [9.17, 15) is 0 Å². The Morgan fingerprint density at radius 3 is 3.00 bits per heavy atom.